The first-order valence-electron chi connectivity index (χ1n) is 4.84. The molecule has 1 heterocycles. The predicted molar refractivity (Wildman–Crippen MR) is 70.8 cm³/mol. The van der Waals surface area contributed by atoms with Crippen LogP contribution in [0, 0.1) is 0 Å². The van der Waals surface area contributed by atoms with E-state index in [9.17, 15) is 13.2 Å². The van der Waals surface area contributed by atoms with Gasteiger partial charge in [0.05, 0.1) is 11.4 Å². The molecule has 0 bridgehead atoms. The van der Waals surface area contributed by atoms with Gasteiger partial charge in [-0.2, -0.15) is 4.31 Å². The van der Waals surface area contributed by atoms with Crippen LogP contribution in [-0.2, 0) is 19.6 Å². The van der Waals surface area contributed by atoms with E-state index in [0.717, 1.165) is 15.6 Å². The fourth-order valence-electron chi connectivity index (χ4n) is 1.22. The minimum absolute atomic E-state index is 0.0725. The van der Waals surface area contributed by atoms with E-state index < -0.39 is 16.0 Å². The van der Waals surface area contributed by atoms with Gasteiger partial charge in [0.25, 0.3) is 0 Å². The Balaban J connectivity index is 3.11. The van der Waals surface area contributed by atoms with Crippen molar-refractivity contribution in [2.24, 2.45) is 0 Å². The first kappa shape index (κ1) is 15.7. The second-order valence-corrected chi connectivity index (χ2v) is 7.39. The molecule has 5 nitrogen and oxygen atoms in total. The van der Waals surface area contributed by atoms with E-state index in [4.69, 9.17) is 23.2 Å². The number of rotatable bonds is 5. The van der Waals surface area contributed by atoms with Gasteiger partial charge in [-0.15, -0.1) is 11.3 Å². The highest BCUT2D eigenvalue weighted by Crippen LogP contribution is 2.35. The molecule has 0 atom stereocenters. The zero-order valence-electron chi connectivity index (χ0n) is 9.64. The standard InChI is InChI=1S/C9H11Cl2NO4S2/c1-3-12(5-8(13)16-2)18(14,15)6-4-7(10)17-9(6)11/h4H,3,5H2,1-2H3. The summed E-state index contributed by atoms with van der Waals surface area (Å²) in [6.07, 6.45) is 0. The molecular formula is C9H11Cl2NO4S2. The molecule has 0 aromatic carbocycles. The third-order valence-electron chi connectivity index (χ3n) is 2.13. The van der Waals surface area contributed by atoms with Crippen LogP contribution in [0.25, 0.3) is 0 Å². The van der Waals surface area contributed by atoms with Crippen molar-refractivity contribution in [1.29, 1.82) is 0 Å². The number of carbonyl (C=O) groups is 1. The van der Waals surface area contributed by atoms with E-state index in [1.165, 1.54) is 13.2 Å². The highest BCUT2D eigenvalue weighted by atomic mass is 35.5. The largest absolute Gasteiger partial charge is 0.468 e. The molecule has 0 saturated carbocycles. The van der Waals surface area contributed by atoms with Crippen LogP contribution in [0.4, 0.5) is 0 Å². The number of halogens is 2. The Kier molecular flexibility index (Phi) is 5.42. The van der Waals surface area contributed by atoms with Gasteiger partial charge in [-0.3, -0.25) is 4.79 Å². The van der Waals surface area contributed by atoms with Crippen molar-refractivity contribution in [3.05, 3.63) is 14.7 Å². The zero-order chi connectivity index (χ0) is 13.9. The minimum atomic E-state index is -3.84. The third kappa shape index (κ3) is 3.36. The lowest BCUT2D eigenvalue weighted by Crippen LogP contribution is -2.35. The van der Waals surface area contributed by atoms with Crippen LogP contribution >= 0.6 is 34.5 Å². The van der Waals surface area contributed by atoms with Crippen LogP contribution in [0.5, 0.6) is 0 Å². The van der Waals surface area contributed by atoms with E-state index in [-0.39, 0.29) is 26.7 Å². The Morgan fingerprint density at radius 1 is 1.50 bits per heavy atom. The van der Waals surface area contributed by atoms with Gasteiger partial charge >= 0.3 is 5.97 Å². The van der Waals surface area contributed by atoms with Crippen LogP contribution in [0.3, 0.4) is 0 Å². The maximum atomic E-state index is 12.2. The Hall–Kier alpha value is -0.340. The first-order chi connectivity index (χ1) is 8.32. The average Bonchev–Trinajstić information content (AvgIpc) is 2.65. The number of carbonyl (C=O) groups excluding carboxylic acids is 1. The lowest BCUT2D eigenvalue weighted by Gasteiger charge is -2.18. The van der Waals surface area contributed by atoms with E-state index in [1.807, 2.05) is 0 Å². The monoisotopic (exact) mass is 331 g/mol. The molecule has 1 aromatic rings. The smallest absolute Gasteiger partial charge is 0.321 e. The van der Waals surface area contributed by atoms with Gasteiger partial charge in [0, 0.05) is 6.54 Å². The van der Waals surface area contributed by atoms with Crippen molar-refractivity contribution in [2.75, 3.05) is 20.2 Å². The second-order valence-electron chi connectivity index (χ2n) is 3.20. The average molecular weight is 332 g/mol. The summed E-state index contributed by atoms with van der Waals surface area (Å²) in [6.45, 7) is 1.38. The maximum absolute atomic E-state index is 12.2. The molecule has 0 radical (unpaired) electrons. The van der Waals surface area contributed by atoms with Crippen molar-refractivity contribution in [3.8, 4) is 0 Å². The van der Waals surface area contributed by atoms with Crippen molar-refractivity contribution < 1.29 is 17.9 Å². The van der Waals surface area contributed by atoms with Crippen molar-refractivity contribution >= 4 is 50.5 Å². The SMILES string of the molecule is CCN(CC(=O)OC)S(=O)(=O)c1cc(Cl)sc1Cl. The highest BCUT2D eigenvalue weighted by Gasteiger charge is 2.29. The summed E-state index contributed by atoms with van der Waals surface area (Å²) in [4.78, 5) is 11.1. The molecule has 0 amide bonds. The molecule has 0 spiro atoms. The third-order valence-corrected chi connectivity index (χ3v) is 5.80. The van der Waals surface area contributed by atoms with Crippen LogP contribution in [-0.4, -0.2) is 38.9 Å². The fraction of sp³-hybridized carbons (Fsp3) is 0.444. The molecule has 0 fully saturated rings. The lowest BCUT2D eigenvalue weighted by molar-refractivity contribution is -0.140. The number of thiophene rings is 1. The number of ether oxygens (including phenoxy) is 1. The van der Waals surface area contributed by atoms with E-state index in [0.29, 0.717) is 0 Å². The highest BCUT2D eigenvalue weighted by molar-refractivity contribution is 7.89. The Morgan fingerprint density at radius 3 is 2.50 bits per heavy atom. The molecule has 1 aromatic heterocycles. The Bertz CT molecular complexity index is 541. The molecule has 102 valence electrons. The summed E-state index contributed by atoms with van der Waals surface area (Å²) in [6, 6.07) is 1.27. The summed E-state index contributed by atoms with van der Waals surface area (Å²) >= 11 is 12.5. The molecule has 9 heteroatoms. The van der Waals surface area contributed by atoms with Crippen molar-refractivity contribution in [1.82, 2.24) is 4.31 Å². The normalized spacial score (nSPS) is 11.8. The molecule has 0 aliphatic carbocycles. The van der Waals surface area contributed by atoms with Crippen molar-refractivity contribution in [3.63, 3.8) is 0 Å². The summed E-state index contributed by atoms with van der Waals surface area (Å²) in [5, 5.41) is 0. The van der Waals surface area contributed by atoms with Crippen LogP contribution < -0.4 is 0 Å². The van der Waals surface area contributed by atoms with Crippen LogP contribution in [0.1, 0.15) is 6.92 Å². The molecule has 0 unspecified atom stereocenters. The van der Waals surface area contributed by atoms with Gasteiger partial charge < -0.3 is 4.74 Å². The predicted octanol–water partition coefficient (Wildman–Crippen LogP) is 2.24. The van der Waals surface area contributed by atoms with Gasteiger partial charge in [-0.05, 0) is 6.07 Å². The van der Waals surface area contributed by atoms with Crippen LogP contribution in [0.2, 0.25) is 8.67 Å². The number of nitrogens with zero attached hydrogens (tertiary/aromatic N) is 1. The number of sulfonamides is 1. The minimum Gasteiger partial charge on any atom is -0.468 e. The van der Waals surface area contributed by atoms with Gasteiger partial charge in [0.1, 0.15) is 15.8 Å². The topological polar surface area (TPSA) is 63.7 Å². The summed E-state index contributed by atoms with van der Waals surface area (Å²) < 4.78 is 30.2. The lowest BCUT2D eigenvalue weighted by atomic mass is 10.6. The summed E-state index contributed by atoms with van der Waals surface area (Å²) in [5.41, 5.74) is 0. The van der Waals surface area contributed by atoms with Gasteiger partial charge in [-0.25, -0.2) is 8.42 Å². The van der Waals surface area contributed by atoms with Crippen molar-refractivity contribution in [2.45, 2.75) is 11.8 Å². The molecule has 0 aliphatic rings. The second kappa shape index (κ2) is 6.21. The molecule has 0 saturated heterocycles. The number of methoxy groups -OCH3 is 1. The molecular weight excluding hydrogens is 321 g/mol. The first-order valence-corrected chi connectivity index (χ1v) is 7.86. The molecule has 0 N–H and O–H groups in total. The maximum Gasteiger partial charge on any atom is 0.321 e. The van der Waals surface area contributed by atoms with E-state index in [2.05, 4.69) is 4.74 Å². The number of likely N-dealkylation sites (N-methyl/N-ethyl adjacent to an activating group) is 1. The quantitative estimate of drug-likeness (QED) is 0.776. The molecule has 0 aliphatic heterocycles. The van der Waals surface area contributed by atoms with E-state index >= 15 is 0 Å². The Morgan fingerprint density at radius 2 is 2.11 bits per heavy atom. The Labute approximate surface area is 119 Å². The summed E-state index contributed by atoms with van der Waals surface area (Å²) in [7, 11) is -2.65. The zero-order valence-corrected chi connectivity index (χ0v) is 12.8. The van der Waals surface area contributed by atoms with E-state index in [1.54, 1.807) is 6.92 Å². The molecule has 1 rings (SSSR count). The number of esters is 1. The number of hydrogen-bond acceptors (Lipinski definition) is 5. The van der Waals surface area contributed by atoms with Gasteiger partial charge in [-0.1, -0.05) is 30.1 Å². The van der Waals surface area contributed by atoms with Gasteiger partial charge in [0.15, 0.2) is 0 Å². The summed E-state index contributed by atoms with van der Waals surface area (Å²) in [5.74, 6) is -0.641. The van der Waals surface area contributed by atoms with Crippen LogP contribution in [0.15, 0.2) is 11.0 Å². The molecule has 18 heavy (non-hydrogen) atoms. The fourth-order valence-corrected chi connectivity index (χ4v) is 4.72. The van der Waals surface area contributed by atoms with Gasteiger partial charge in [0.2, 0.25) is 10.0 Å². The number of hydrogen-bond donors (Lipinski definition) is 0.